The first kappa shape index (κ1) is 18.9. The molecule has 128 valence electrons. The number of nitro benzene ring substituents is 1. The fourth-order valence-electron chi connectivity index (χ4n) is 2.07. The number of carbonyl (C=O) groups excluding carboxylic acids is 1. The molecule has 1 aromatic carbocycles. The van der Waals surface area contributed by atoms with Gasteiger partial charge in [-0.25, -0.2) is 0 Å². The SMILES string of the molecule is CCOc1ccc(C(=O)N(C)CCC(N)C(C)C)cc1[N+](=O)[O-]. The predicted octanol–water partition coefficient (Wildman–Crippen LogP) is 2.44. The van der Waals surface area contributed by atoms with Crippen molar-refractivity contribution >= 4 is 11.6 Å². The van der Waals surface area contributed by atoms with Crippen molar-refractivity contribution in [2.24, 2.45) is 11.7 Å². The van der Waals surface area contributed by atoms with Gasteiger partial charge >= 0.3 is 5.69 Å². The van der Waals surface area contributed by atoms with Crippen LogP contribution in [0, 0.1) is 16.0 Å². The molecule has 0 aromatic heterocycles. The van der Waals surface area contributed by atoms with Crippen molar-refractivity contribution in [2.75, 3.05) is 20.2 Å². The Morgan fingerprint density at radius 3 is 2.61 bits per heavy atom. The first-order valence-corrected chi connectivity index (χ1v) is 7.70. The third-order valence-corrected chi connectivity index (χ3v) is 3.70. The molecule has 0 fully saturated rings. The van der Waals surface area contributed by atoms with Crippen molar-refractivity contribution < 1.29 is 14.5 Å². The third-order valence-electron chi connectivity index (χ3n) is 3.70. The number of nitro groups is 1. The maximum absolute atomic E-state index is 12.4. The molecule has 0 radical (unpaired) electrons. The molecule has 0 saturated heterocycles. The summed E-state index contributed by atoms with van der Waals surface area (Å²) in [4.78, 5) is 24.5. The Morgan fingerprint density at radius 2 is 2.09 bits per heavy atom. The average Bonchev–Trinajstić information content (AvgIpc) is 2.51. The van der Waals surface area contributed by atoms with Crippen LogP contribution >= 0.6 is 0 Å². The van der Waals surface area contributed by atoms with Crippen LogP contribution in [-0.4, -0.2) is 42.0 Å². The Kier molecular flexibility index (Phi) is 6.96. The highest BCUT2D eigenvalue weighted by Gasteiger charge is 2.21. The molecular weight excluding hydrogens is 298 g/mol. The van der Waals surface area contributed by atoms with Crippen LogP contribution in [0.25, 0.3) is 0 Å². The number of nitrogens with zero attached hydrogens (tertiary/aromatic N) is 2. The zero-order chi connectivity index (χ0) is 17.6. The molecule has 0 saturated carbocycles. The fraction of sp³-hybridized carbons (Fsp3) is 0.562. The number of ether oxygens (including phenoxy) is 1. The van der Waals surface area contributed by atoms with Gasteiger partial charge in [-0.3, -0.25) is 14.9 Å². The Bertz CT molecular complexity index is 560. The van der Waals surface area contributed by atoms with Crippen molar-refractivity contribution in [3.05, 3.63) is 33.9 Å². The molecule has 2 N–H and O–H groups in total. The van der Waals surface area contributed by atoms with E-state index in [-0.39, 0.29) is 28.9 Å². The number of nitrogens with two attached hydrogens (primary N) is 1. The van der Waals surface area contributed by atoms with Crippen molar-refractivity contribution in [3.8, 4) is 5.75 Å². The average molecular weight is 323 g/mol. The van der Waals surface area contributed by atoms with E-state index >= 15 is 0 Å². The largest absolute Gasteiger partial charge is 0.487 e. The van der Waals surface area contributed by atoms with E-state index in [0.29, 0.717) is 25.5 Å². The first-order chi connectivity index (χ1) is 10.8. The van der Waals surface area contributed by atoms with Gasteiger partial charge in [-0.05, 0) is 31.4 Å². The topological polar surface area (TPSA) is 98.7 Å². The van der Waals surface area contributed by atoms with Gasteiger partial charge in [0.15, 0.2) is 5.75 Å². The highest BCUT2D eigenvalue weighted by Crippen LogP contribution is 2.28. The molecule has 0 spiro atoms. The van der Waals surface area contributed by atoms with E-state index in [4.69, 9.17) is 10.5 Å². The number of hydrogen-bond acceptors (Lipinski definition) is 5. The third kappa shape index (κ3) is 5.21. The number of rotatable bonds is 8. The number of carbonyl (C=O) groups is 1. The molecule has 7 nitrogen and oxygen atoms in total. The minimum atomic E-state index is -0.545. The lowest BCUT2D eigenvalue weighted by molar-refractivity contribution is -0.385. The summed E-state index contributed by atoms with van der Waals surface area (Å²) in [6, 6.07) is 4.27. The van der Waals surface area contributed by atoms with Gasteiger partial charge in [-0.1, -0.05) is 13.8 Å². The van der Waals surface area contributed by atoms with E-state index in [0.717, 1.165) is 0 Å². The summed E-state index contributed by atoms with van der Waals surface area (Å²) in [5.41, 5.74) is 6.04. The lowest BCUT2D eigenvalue weighted by Gasteiger charge is -2.21. The van der Waals surface area contributed by atoms with Crippen molar-refractivity contribution in [1.82, 2.24) is 4.90 Å². The molecule has 1 amide bonds. The highest BCUT2D eigenvalue weighted by molar-refractivity contribution is 5.95. The second-order valence-electron chi connectivity index (χ2n) is 5.80. The summed E-state index contributed by atoms with van der Waals surface area (Å²) in [6.45, 7) is 6.62. The van der Waals surface area contributed by atoms with Crippen LogP contribution in [0.1, 0.15) is 37.6 Å². The molecule has 0 bridgehead atoms. The van der Waals surface area contributed by atoms with E-state index in [1.54, 1.807) is 20.0 Å². The van der Waals surface area contributed by atoms with Gasteiger partial charge in [0.05, 0.1) is 11.5 Å². The Labute approximate surface area is 136 Å². The Hall–Kier alpha value is -2.15. The predicted molar refractivity (Wildman–Crippen MR) is 88.7 cm³/mol. The molecule has 7 heteroatoms. The molecule has 1 rings (SSSR count). The summed E-state index contributed by atoms with van der Waals surface area (Å²) in [7, 11) is 1.66. The monoisotopic (exact) mass is 323 g/mol. The van der Waals surface area contributed by atoms with Gasteiger partial charge in [0, 0.05) is 31.3 Å². The molecular formula is C16H25N3O4. The van der Waals surface area contributed by atoms with Crippen LogP contribution < -0.4 is 10.5 Å². The molecule has 1 unspecified atom stereocenters. The molecule has 0 aliphatic carbocycles. The normalized spacial score (nSPS) is 12.1. The Balaban J connectivity index is 2.86. The van der Waals surface area contributed by atoms with Gasteiger partial charge in [0.2, 0.25) is 0 Å². The summed E-state index contributed by atoms with van der Waals surface area (Å²) in [6.07, 6.45) is 0.680. The van der Waals surface area contributed by atoms with Crippen LogP contribution in [0.4, 0.5) is 5.69 Å². The maximum atomic E-state index is 12.4. The van der Waals surface area contributed by atoms with Gasteiger partial charge in [0.25, 0.3) is 5.91 Å². The highest BCUT2D eigenvalue weighted by atomic mass is 16.6. The summed E-state index contributed by atoms with van der Waals surface area (Å²) < 4.78 is 5.22. The lowest BCUT2D eigenvalue weighted by atomic mass is 10.0. The van der Waals surface area contributed by atoms with E-state index in [1.807, 2.05) is 13.8 Å². The summed E-state index contributed by atoms with van der Waals surface area (Å²) in [5.74, 6) is 0.232. The van der Waals surface area contributed by atoms with Crippen LogP contribution in [0.15, 0.2) is 18.2 Å². The quantitative estimate of drug-likeness (QED) is 0.585. The van der Waals surface area contributed by atoms with Crippen LogP contribution in [0.3, 0.4) is 0 Å². The minimum absolute atomic E-state index is 0.0138. The fourth-order valence-corrected chi connectivity index (χ4v) is 2.07. The van der Waals surface area contributed by atoms with E-state index < -0.39 is 4.92 Å². The second kappa shape index (κ2) is 8.47. The van der Waals surface area contributed by atoms with E-state index in [2.05, 4.69) is 0 Å². The molecule has 1 aromatic rings. The van der Waals surface area contributed by atoms with E-state index in [9.17, 15) is 14.9 Å². The minimum Gasteiger partial charge on any atom is -0.487 e. The molecule has 0 aliphatic rings. The van der Waals surface area contributed by atoms with Crippen LogP contribution in [-0.2, 0) is 0 Å². The van der Waals surface area contributed by atoms with Crippen molar-refractivity contribution in [2.45, 2.75) is 33.2 Å². The smallest absolute Gasteiger partial charge is 0.311 e. The van der Waals surface area contributed by atoms with Gasteiger partial charge in [-0.15, -0.1) is 0 Å². The van der Waals surface area contributed by atoms with Crippen molar-refractivity contribution in [3.63, 3.8) is 0 Å². The molecule has 0 heterocycles. The number of benzene rings is 1. The Morgan fingerprint density at radius 1 is 1.43 bits per heavy atom. The van der Waals surface area contributed by atoms with Crippen LogP contribution in [0.2, 0.25) is 0 Å². The maximum Gasteiger partial charge on any atom is 0.311 e. The summed E-state index contributed by atoms with van der Waals surface area (Å²) >= 11 is 0. The van der Waals surface area contributed by atoms with E-state index in [1.165, 1.54) is 17.0 Å². The summed E-state index contributed by atoms with van der Waals surface area (Å²) in [5, 5.41) is 11.1. The molecule has 1 atom stereocenters. The van der Waals surface area contributed by atoms with Crippen LogP contribution in [0.5, 0.6) is 5.75 Å². The molecule has 0 aliphatic heterocycles. The number of hydrogen-bond donors (Lipinski definition) is 1. The van der Waals surface area contributed by atoms with Crippen molar-refractivity contribution in [1.29, 1.82) is 0 Å². The lowest BCUT2D eigenvalue weighted by Crippen LogP contribution is -2.34. The zero-order valence-corrected chi connectivity index (χ0v) is 14.1. The second-order valence-corrected chi connectivity index (χ2v) is 5.80. The van der Waals surface area contributed by atoms with Gasteiger partial charge < -0.3 is 15.4 Å². The standard InChI is InChI=1S/C16H25N3O4/c1-5-23-15-7-6-12(10-14(15)19(21)22)16(20)18(4)9-8-13(17)11(2)3/h6-7,10-11,13H,5,8-9,17H2,1-4H3. The zero-order valence-electron chi connectivity index (χ0n) is 14.1. The van der Waals surface area contributed by atoms with Gasteiger partial charge in [-0.2, -0.15) is 0 Å². The number of amides is 1. The first-order valence-electron chi connectivity index (χ1n) is 7.70. The molecule has 23 heavy (non-hydrogen) atoms. The van der Waals surface area contributed by atoms with Gasteiger partial charge in [0.1, 0.15) is 0 Å².